The third kappa shape index (κ3) is 5.42. The second kappa shape index (κ2) is 10.2. The van der Waals surface area contributed by atoms with Gasteiger partial charge in [0.05, 0.1) is 25.2 Å². The number of halogens is 1. The van der Waals surface area contributed by atoms with Crippen LogP contribution in [-0.2, 0) is 25.6 Å². The predicted octanol–water partition coefficient (Wildman–Crippen LogP) is 1.47. The molecule has 3 rings (SSSR count). The molecule has 1 heterocycles. The van der Waals surface area contributed by atoms with Crippen molar-refractivity contribution in [2.45, 2.75) is 18.9 Å². The van der Waals surface area contributed by atoms with E-state index >= 15 is 0 Å². The number of imide groups is 1. The molecule has 32 heavy (non-hydrogen) atoms. The molecule has 0 unspecified atom stereocenters. The van der Waals surface area contributed by atoms with Gasteiger partial charge in [0.25, 0.3) is 5.91 Å². The molecule has 1 atom stereocenters. The lowest BCUT2D eigenvalue weighted by Gasteiger charge is -2.26. The topological polar surface area (TPSA) is 107 Å². The van der Waals surface area contributed by atoms with E-state index in [1.807, 2.05) is 12.1 Å². The van der Waals surface area contributed by atoms with Crippen molar-refractivity contribution in [3.63, 3.8) is 0 Å². The molecule has 2 aromatic carbocycles. The molecule has 166 valence electrons. The molecular formula is C23H20BrN2O6-. The molecule has 0 spiro atoms. The number of methoxy groups -OCH3 is 1. The molecule has 8 nitrogen and oxygen atoms in total. The summed E-state index contributed by atoms with van der Waals surface area (Å²) >= 11 is 3.31. The Morgan fingerprint density at radius 2 is 1.78 bits per heavy atom. The number of hydrogen-bond donors (Lipinski definition) is 0. The lowest BCUT2D eigenvalue weighted by molar-refractivity contribution is -0.297. The predicted molar refractivity (Wildman–Crippen MR) is 118 cm³/mol. The number of hydrogen-bond acceptors (Lipinski definition) is 6. The van der Waals surface area contributed by atoms with Crippen LogP contribution in [0.4, 0.5) is 5.69 Å². The van der Waals surface area contributed by atoms with E-state index in [1.54, 1.807) is 43.5 Å². The van der Waals surface area contributed by atoms with Crippen LogP contribution in [0.3, 0.4) is 0 Å². The summed E-state index contributed by atoms with van der Waals surface area (Å²) in [7, 11) is 1.55. The van der Waals surface area contributed by atoms with E-state index in [0.29, 0.717) is 23.9 Å². The van der Waals surface area contributed by atoms with Gasteiger partial charge in [-0.25, -0.2) is 4.90 Å². The summed E-state index contributed by atoms with van der Waals surface area (Å²) < 4.78 is 5.92. The Hall–Kier alpha value is -3.46. The average molecular weight is 500 g/mol. The summed E-state index contributed by atoms with van der Waals surface area (Å²) in [4.78, 5) is 51.5. The van der Waals surface area contributed by atoms with Crippen molar-refractivity contribution in [1.29, 1.82) is 0 Å². The van der Waals surface area contributed by atoms with Crippen LogP contribution >= 0.6 is 15.9 Å². The van der Waals surface area contributed by atoms with Crippen LogP contribution in [0.1, 0.15) is 12.0 Å². The second-order valence-electron chi connectivity index (χ2n) is 7.05. The van der Waals surface area contributed by atoms with Gasteiger partial charge in [0.1, 0.15) is 11.8 Å². The highest BCUT2D eigenvalue weighted by Gasteiger charge is 2.43. The number of carboxylic acid groups (broad SMARTS) is 1. The Morgan fingerprint density at radius 3 is 2.38 bits per heavy atom. The van der Waals surface area contributed by atoms with Crippen molar-refractivity contribution in [3.05, 3.63) is 70.7 Å². The van der Waals surface area contributed by atoms with Crippen LogP contribution in [0.5, 0.6) is 5.75 Å². The molecule has 1 aliphatic rings. The smallest absolute Gasteiger partial charge is 0.257 e. The summed E-state index contributed by atoms with van der Waals surface area (Å²) in [6, 6.07) is 12.8. The molecule has 0 aromatic heterocycles. The van der Waals surface area contributed by atoms with Crippen LogP contribution in [0.25, 0.3) is 0 Å². The molecule has 3 amide bonds. The highest BCUT2D eigenvalue weighted by molar-refractivity contribution is 9.10. The molecule has 2 aromatic rings. The van der Waals surface area contributed by atoms with Crippen LogP contribution < -0.4 is 14.7 Å². The maximum atomic E-state index is 13.1. The fourth-order valence-electron chi connectivity index (χ4n) is 3.42. The molecule has 0 aliphatic carbocycles. The first-order valence-electron chi connectivity index (χ1n) is 9.75. The number of carbonyl (C=O) groups is 4. The van der Waals surface area contributed by atoms with Gasteiger partial charge < -0.3 is 19.5 Å². The first-order chi connectivity index (χ1) is 15.3. The zero-order valence-corrected chi connectivity index (χ0v) is 18.8. The summed E-state index contributed by atoms with van der Waals surface area (Å²) in [5.41, 5.74) is 1.28. The molecule has 0 N–H and O–H groups in total. The van der Waals surface area contributed by atoms with Crippen molar-refractivity contribution in [1.82, 2.24) is 4.90 Å². The summed E-state index contributed by atoms with van der Waals surface area (Å²) in [6.45, 7) is 0.112. The molecule has 0 radical (unpaired) electrons. The molecule has 0 bridgehead atoms. The zero-order valence-electron chi connectivity index (χ0n) is 17.2. The van der Waals surface area contributed by atoms with Gasteiger partial charge >= 0.3 is 0 Å². The van der Waals surface area contributed by atoms with Gasteiger partial charge in [-0.3, -0.25) is 14.4 Å². The molecule has 1 fully saturated rings. The van der Waals surface area contributed by atoms with E-state index in [2.05, 4.69) is 15.9 Å². The van der Waals surface area contributed by atoms with Crippen LogP contribution in [0.15, 0.2) is 65.2 Å². The number of carboxylic acids is 1. The van der Waals surface area contributed by atoms with Crippen LogP contribution in [0.2, 0.25) is 0 Å². The fraction of sp³-hybridized carbons (Fsp3) is 0.217. The minimum absolute atomic E-state index is 0.112. The Labute approximate surface area is 193 Å². The SMILES string of the molecule is COc1ccc(CCN(C(=O)/C=C/C(=O)[O-])[C@@H]2CC(=O)N(c3ccc(Br)cc3)C2=O)cc1. The quantitative estimate of drug-likeness (QED) is 0.402. The summed E-state index contributed by atoms with van der Waals surface area (Å²) in [5, 5.41) is 10.8. The lowest BCUT2D eigenvalue weighted by Crippen LogP contribution is -2.46. The molecular weight excluding hydrogens is 480 g/mol. The fourth-order valence-corrected chi connectivity index (χ4v) is 3.68. The lowest BCUT2D eigenvalue weighted by atomic mass is 10.1. The van der Waals surface area contributed by atoms with E-state index in [1.165, 1.54) is 4.90 Å². The largest absolute Gasteiger partial charge is 0.545 e. The first-order valence-corrected chi connectivity index (χ1v) is 10.5. The molecule has 1 aliphatic heterocycles. The monoisotopic (exact) mass is 499 g/mol. The van der Waals surface area contributed by atoms with E-state index in [-0.39, 0.29) is 13.0 Å². The van der Waals surface area contributed by atoms with Gasteiger partial charge in [-0.15, -0.1) is 0 Å². The molecule has 1 saturated heterocycles. The maximum Gasteiger partial charge on any atom is 0.257 e. The maximum absolute atomic E-state index is 13.1. The Kier molecular flexibility index (Phi) is 7.42. The second-order valence-corrected chi connectivity index (χ2v) is 7.96. The van der Waals surface area contributed by atoms with E-state index in [4.69, 9.17) is 4.74 Å². The normalized spacial score (nSPS) is 15.9. The number of anilines is 1. The van der Waals surface area contributed by atoms with Gasteiger partial charge in [-0.05, 0) is 54.5 Å². The van der Waals surface area contributed by atoms with Gasteiger partial charge in [-0.2, -0.15) is 0 Å². The Balaban J connectivity index is 1.83. The minimum Gasteiger partial charge on any atom is -0.545 e. The average Bonchev–Trinajstić information content (AvgIpc) is 3.07. The van der Waals surface area contributed by atoms with Crippen LogP contribution in [-0.4, -0.2) is 48.3 Å². The number of carbonyl (C=O) groups excluding carboxylic acids is 4. The Morgan fingerprint density at radius 1 is 1.12 bits per heavy atom. The minimum atomic E-state index is -1.53. The number of rotatable bonds is 8. The third-order valence-corrected chi connectivity index (χ3v) is 5.56. The Bertz CT molecular complexity index is 1050. The molecule has 0 saturated carbocycles. The number of benzene rings is 2. The number of nitrogens with zero attached hydrogens (tertiary/aromatic N) is 2. The van der Waals surface area contributed by atoms with Crippen molar-refractivity contribution in [2.75, 3.05) is 18.6 Å². The molecule has 9 heteroatoms. The third-order valence-electron chi connectivity index (χ3n) is 5.03. The standard InChI is InChI=1S/C23H21BrN2O6/c1-32-18-8-2-15(3-9-18)12-13-25(20(27)10-11-22(29)30)19-14-21(28)26(23(19)31)17-6-4-16(24)5-7-17/h2-11,19H,12-14H2,1H3,(H,29,30)/p-1/b11-10+/t19-/m1/s1. The van der Waals surface area contributed by atoms with E-state index < -0.39 is 29.7 Å². The zero-order chi connectivity index (χ0) is 23.3. The van der Waals surface area contributed by atoms with Crippen LogP contribution in [0, 0.1) is 0 Å². The van der Waals surface area contributed by atoms with Crippen molar-refractivity contribution in [2.24, 2.45) is 0 Å². The highest BCUT2D eigenvalue weighted by Crippen LogP contribution is 2.27. The highest BCUT2D eigenvalue weighted by atomic mass is 79.9. The summed E-state index contributed by atoms with van der Waals surface area (Å²) in [5.74, 6) is -2.51. The van der Waals surface area contributed by atoms with Crippen molar-refractivity contribution < 1.29 is 29.0 Å². The van der Waals surface area contributed by atoms with Gasteiger partial charge in [0.2, 0.25) is 11.8 Å². The number of ether oxygens (including phenoxy) is 1. The van der Waals surface area contributed by atoms with Crippen molar-refractivity contribution in [3.8, 4) is 5.75 Å². The summed E-state index contributed by atoms with van der Waals surface area (Å²) in [6.07, 6.45) is 1.65. The van der Waals surface area contributed by atoms with Gasteiger partial charge in [0.15, 0.2) is 0 Å². The number of amides is 3. The first kappa shape index (κ1) is 23.2. The number of aliphatic carboxylic acids is 1. The van der Waals surface area contributed by atoms with Gasteiger partial charge in [-0.1, -0.05) is 28.1 Å². The van der Waals surface area contributed by atoms with E-state index in [9.17, 15) is 24.3 Å². The van der Waals surface area contributed by atoms with Crippen molar-refractivity contribution >= 4 is 45.3 Å². The van der Waals surface area contributed by atoms with Gasteiger partial charge in [0, 0.05) is 17.1 Å². The van der Waals surface area contributed by atoms with E-state index in [0.717, 1.165) is 21.0 Å².